The van der Waals surface area contributed by atoms with Gasteiger partial charge in [-0.25, -0.2) is 44.5 Å². The molecule has 0 saturated carbocycles. The van der Waals surface area contributed by atoms with Crippen molar-refractivity contribution in [3.8, 4) is 39.8 Å². The Morgan fingerprint density at radius 2 is 0.796 bits per heavy atom. The van der Waals surface area contributed by atoms with Crippen LogP contribution in [0.1, 0.15) is 72.9 Å². The van der Waals surface area contributed by atoms with Crippen LogP contribution in [0.4, 0.5) is 15.4 Å². The molecule has 0 bridgehead atoms. The molecule has 0 amide bonds. The van der Waals surface area contributed by atoms with Crippen LogP contribution in [0.5, 0.6) is 6.01 Å². The van der Waals surface area contributed by atoms with E-state index in [0.717, 1.165) is 83.9 Å². The number of carboxylic acid groups (broad SMARTS) is 1. The number of carbonyl (C=O) groups is 3. The number of anilines is 3. The zero-order valence-corrected chi connectivity index (χ0v) is 62.3. The van der Waals surface area contributed by atoms with Crippen molar-refractivity contribution >= 4 is 137 Å². The fraction of sp³-hybridized carbons (Fsp3) is 0.364. The summed E-state index contributed by atoms with van der Waals surface area (Å²) < 4.78 is 15.0. The topological polar surface area (TPSA) is 321 Å². The predicted molar refractivity (Wildman–Crippen MR) is 387 cm³/mol. The molecule has 0 radical (unpaired) electrons. The van der Waals surface area contributed by atoms with Crippen molar-refractivity contribution in [2.24, 2.45) is 35.5 Å². The Kier molecular flexibility index (Phi) is 33.4. The SMILES string of the molecule is CC(C)Cc1sc(NCC(Cc2cnc(=O)[nH]c2)C(=O)O)nc1-c1ccc(Cl)c(Cl)c1.COC(=O)C(CNc1nc(-c2ccc(Cl)c(Cl)c2)c(CC(C)C)s1)Cc1cnc(=O)[nH]c1.COC(=O)C(CNc1nc(-c2ccc(Cl)c(Cl)c2)c(CC(C)C)s1)Cc1cnc(OC)nc1.[Li+].[OH-]. The molecule has 22 nitrogen and oxygen atoms in total. The van der Waals surface area contributed by atoms with Gasteiger partial charge in [-0.05, 0) is 109 Å². The Morgan fingerprint density at radius 3 is 1.08 bits per heavy atom. The monoisotopic (exact) mass is 1510 g/mol. The Balaban J connectivity index is 0.000000263. The van der Waals surface area contributed by atoms with Crippen LogP contribution in [0.15, 0.2) is 101 Å². The second-order valence-electron chi connectivity index (χ2n) is 23.2. The number of hydrogen-bond donors (Lipinski definition) is 6. The Labute approximate surface area is 621 Å². The molecule has 518 valence electrons. The maximum atomic E-state index is 12.4. The predicted octanol–water partition coefficient (Wildman–Crippen LogP) is 12.0. The van der Waals surface area contributed by atoms with Crippen LogP contribution >= 0.6 is 104 Å². The van der Waals surface area contributed by atoms with Gasteiger partial charge in [0.25, 0.3) is 0 Å². The molecular formula is C66H73Cl6LiN12O10S3. The van der Waals surface area contributed by atoms with Gasteiger partial charge in [0.05, 0.1) is 86.3 Å². The average molecular weight is 1510 g/mol. The molecule has 0 spiro atoms. The van der Waals surface area contributed by atoms with Crippen LogP contribution in [-0.4, -0.2) is 114 Å². The molecule has 6 heterocycles. The van der Waals surface area contributed by atoms with Crippen LogP contribution in [0.25, 0.3) is 33.8 Å². The number of methoxy groups -OCH3 is 3. The summed E-state index contributed by atoms with van der Waals surface area (Å²) in [6.07, 6.45) is 12.8. The summed E-state index contributed by atoms with van der Waals surface area (Å²) in [5.41, 5.74) is 6.48. The van der Waals surface area contributed by atoms with Crippen molar-refractivity contribution in [3.63, 3.8) is 0 Å². The molecule has 7 N–H and O–H groups in total. The van der Waals surface area contributed by atoms with Crippen molar-refractivity contribution in [1.82, 2.24) is 44.9 Å². The molecule has 9 aromatic rings. The second kappa shape index (κ2) is 39.9. The van der Waals surface area contributed by atoms with Crippen molar-refractivity contribution < 1.29 is 58.0 Å². The van der Waals surface area contributed by atoms with E-state index in [0.29, 0.717) is 89.6 Å². The maximum absolute atomic E-state index is 12.4. The number of nitrogens with one attached hydrogen (secondary N) is 5. The van der Waals surface area contributed by atoms with E-state index in [1.807, 2.05) is 30.3 Å². The quantitative estimate of drug-likeness (QED) is 0.0196. The third-order valence-corrected chi connectivity index (χ3v) is 19.5. The number of aromatic nitrogens is 9. The first-order valence-corrected chi connectivity index (χ1v) is 34.9. The summed E-state index contributed by atoms with van der Waals surface area (Å²) in [6, 6.07) is 16.7. The number of H-pyrrole nitrogens is 2. The fourth-order valence-electron chi connectivity index (χ4n) is 9.48. The average Bonchev–Trinajstić information content (AvgIpc) is 1.60. The second-order valence-corrected chi connectivity index (χ2v) is 28.9. The molecule has 32 heteroatoms. The van der Waals surface area contributed by atoms with E-state index in [-0.39, 0.29) is 55.3 Å². The summed E-state index contributed by atoms with van der Waals surface area (Å²) in [7, 11) is 4.24. The van der Waals surface area contributed by atoms with Crippen LogP contribution in [0.3, 0.4) is 0 Å². The summed E-state index contributed by atoms with van der Waals surface area (Å²) in [4.78, 5) is 96.9. The van der Waals surface area contributed by atoms with Crippen molar-refractivity contribution in [3.05, 3.63) is 174 Å². The van der Waals surface area contributed by atoms with Crippen molar-refractivity contribution in [2.45, 2.75) is 80.1 Å². The van der Waals surface area contributed by atoms with Gasteiger partial charge in [-0.15, -0.1) is 34.0 Å². The first kappa shape index (κ1) is 82.0. The van der Waals surface area contributed by atoms with Gasteiger partial charge in [-0.3, -0.25) is 14.4 Å². The van der Waals surface area contributed by atoms with Crippen LogP contribution in [0, 0.1) is 35.5 Å². The number of ether oxygens (including phenoxy) is 3. The Bertz CT molecular complexity index is 4180. The number of esters is 2. The van der Waals surface area contributed by atoms with E-state index in [1.165, 1.54) is 51.3 Å². The van der Waals surface area contributed by atoms with Crippen LogP contribution in [0.2, 0.25) is 30.1 Å². The minimum Gasteiger partial charge on any atom is -0.870 e. The number of thiazole rings is 3. The van der Waals surface area contributed by atoms with Crippen molar-refractivity contribution in [1.29, 1.82) is 0 Å². The first-order valence-electron chi connectivity index (χ1n) is 30.2. The van der Waals surface area contributed by atoms with Gasteiger partial charge >= 0.3 is 54.2 Å². The first-order chi connectivity index (χ1) is 45.8. The summed E-state index contributed by atoms with van der Waals surface area (Å²) >= 11 is 41.5. The minimum absolute atomic E-state index is 0. The molecule has 0 fully saturated rings. The number of nitrogens with zero attached hydrogens (tertiary/aromatic N) is 7. The van der Waals surface area contributed by atoms with Gasteiger partial charge in [0.1, 0.15) is 0 Å². The summed E-state index contributed by atoms with van der Waals surface area (Å²) in [5, 5.41) is 24.3. The molecule has 9 rings (SSSR count). The molecule has 0 aliphatic carbocycles. The van der Waals surface area contributed by atoms with Crippen molar-refractivity contribution in [2.75, 3.05) is 56.9 Å². The number of benzene rings is 3. The van der Waals surface area contributed by atoms with Gasteiger partial charge < -0.3 is 50.7 Å². The van der Waals surface area contributed by atoms with Gasteiger partial charge in [0, 0.05) is 88.1 Å². The number of rotatable bonds is 28. The number of hydrogen-bond acceptors (Lipinski definition) is 22. The molecule has 0 aliphatic heterocycles. The van der Waals surface area contributed by atoms with E-state index >= 15 is 0 Å². The third-order valence-electron chi connectivity index (χ3n) is 14.1. The molecule has 98 heavy (non-hydrogen) atoms. The molecular weight excluding hydrogens is 1440 g/mol. The van der Waals surface area contributed by atoms with Gasteiger partial charge in [-0.2, -0.15) is 0 Å². The number of aromatic amines is 2. The fourth-order valence-corrected chi connectivity index (χ4v) is 14.0. The zero-order chi connectivity index (χ0) is 69.8. The van der Waals surface area contributed by atoms with Gasteiger partial charge in [-0.1, -0.05) is 129 Å². The minimum atomic E-state index is -0.942. The molecule has 3 aromatic carbocycles. The van der Waals surface area contributed by atoms with Gasteiger partial charge in [0.15, 0.2) is 15.4 Å². The number of aliphatic carboxylic acids is 1. The van der Waals surface area contributed by atoms with E-state index in [2.05, 4.69) is 87.4 Å². The molecule has 0 aliphatic rings. The molecule has 0 saturated heterocycles. The summed E-state index contributed by atoms with van der Waals surface area (Å²) in [6.45, 7) is 13.7. The smallest absolute Gasteiger partial charge is 0.870 e. The number of carbonyl (C=O) groups excluding carboxylic acids is 2. The standard InChI is InChI=1S/C23H26Cl2N4O3S.C22H24Cl2N4O3S.C21H22Cl2N4O3S.Li.H2O/c1-13(2)7-19-20(15-5-6-17(24)18(25)9-15)29-23(33-19)28-12-16(21(30)31-3)8-14-10-26-22(32-4)27-11-14;1-12(2)6-18-19(14-4-5-16(23)17(24)8-14)28-22(32-18)27-11-15(20(29)31-3)7-13-9-25-21(30)26-10-13;1-11(2)5-17-18(13-3-4-15(22)16(23)7-13)27-21(31-17)26-10-14(19(28)29)6-12-8-24-20(30)25-9-12;;/h5-6,9-11,13,16H,7-8,12H2,1-4H3,(H,28,29);4-5,8-10,12,15H,6-7,11H2,1-3H3,(H,27,28)(H,25,26,30);3-4,7-9,11,14H,5-6,10H2,1-2H3,(H,26,27)(H,28,29)(H,24,25,30);;1H2/q;;;+1;/p-1. The van der Waals surface area contributed by atoms with Gasteiger partial charge in [0.2, 0.25) is 0 Å². The molecule has 3 unspecified atom stereocenters. The van der Waals surface area contributed by atoms with E-state index < -0.39 is 35.1 Å². The maximum Gasteiger partial charge on any atom is 1.00 e. The Morgan fingerprint density at radius 1 is 0.480 bits per heavy atom. The normalized spacial score (nSPS) is 11.8. The number of halogens is 6. The van der Waals surface area contributed by atoms with Crippen LogP contribution in [-0.2, 0) is 62.4 Å². The van der Waals surface area contributed by atoms with E-state index in [9.17, 15) is 29.1 Å². The largest absolute Gasteiger partial charge is 1.00 e. The third kappa shape index (κ3) is 24.9. The van der Waals surface area contributed by atoms with E-state index in [1.54, 1.807) is 65.5 Å². The summed E-state index contributed by atoms with van der Waals surface area (Å²) in [5.74, 6) is -1.90. The molecule has 6 aromatic heterocycles. The zero-order valence-electron chi connectivity index (χ0n) is 55.3. The van der Waals surface area contributed by atoms with E-state index in [4.69, 9.17) is 98.8 Å². The number of carboxylic acids is 1. The Hall–Kier alpha value is -6.70. The van der Waals surface area contributed by atoms with Crippen LogP contribution < -0.4 is 50.9 Å². The molecule has 3 atom stereocenters.